The molecule has 1 heterocycles. The smallest absolute Gasteiger partial charge is 0.286 e. The van der Waals surface area contributed by atoms with Crippen molar-refractivity contribution in [3.05, 3.63) is 32.7 Å². The van der Waals surface area contributed by atoms with Crippen LogP contribution in [0.3, 0.4) is 0 Å². The van der Waals surface area contributed by atoms with Gasteiger partial charge in [0.15, 0.2) is 0 Å². The molecule has 112 valence electrons. The Bertz CT molecular complexity index is 660. The minimum atomic E-state index is -0.383. The summed E-state index contributed by atoms with van der Waals surface area (Å²) in [5.74, 6) is -0.383. The summed E-state index contributed by atoms with van der Waals surface area (Å²) >= 11 is 13.4. The first-order valence-corrected chi connectivity index (χ1v) is 7.93. The number of halogens is 2. The number of anilines is 2. The van der Waals surface area contributed by atoms with Crippen molar-refractivity contribution in [1.82, 2.24) is 10.2 Å². The zero-order valence-electron chi connectivity index (χ0n) is 11.5. The second-order valence-corrected chi connectivity index (χ2v) is 6.11. The number of hydrogen-bond donors (Lipinski definition) is 2. The van der Waals surface area contributed by atoms with Gasteiger partial charge in [0, 0.05) is 6.54 Å². The number of nitrogens with zero attached hydrogens (tertiary/aromatic N) is 2. The van der Waals surface area contributed by atoms with Crippen LogP contribution in [-0.4, -0.2) is 22.6 Å². The molecule has 0 aliphatic rings. The van der Waals surface area contributed by atoms with Crippen LogP contribution in [0, 0.1) is 6.92 Å². The van der Waals surface area contributed by atoms with E-state index in [0.717, 1.165) is 18.5 Å². The number of nitrogens with one attached hydrogen (secondary N) is 2. The molecule has 21 heavy (non-hydrogen) atoms. The van der Waals surface area contributed by atoms with Crippen molar-refractivity contribution in [3.63, 3.8) is 0 Å². The normalized spacial score (nSPS) is 10.5. The molecule has 8 heteroatoms. The van der Waals surface area contributed by atoms with Crippen molar-refractivity contribution >= 4 is 51.3 Å². The topological polar surface area (TPSA) is 66.9 Å². The Morgan fingerprint density at radius 3 is 2.81 bits per heavy atom. The number of benzene rings is 1. The van der Waals surface area contributed by atoms with Gasteiger partial charge in [-0.3, -0.25) is 4.79 Å². The Hall–Kier alpha value is -1.37. The quantitative estimate of drug-likeness (QED) is 0.851. The van der Waals surface area contributed by atoms with Gasteiger partial charge in [-0.15, -0.1) is 10.2 Å². The van der Waals surface area contributed by atoms with Crippen LogP contribution < -0.4 is 10.6 Å². The van der Waals surface area contributed by atoms with E-state index in [1.54, 1.807) is 12.1 Å². The van der Waals surface area contributed by atoms with Crippen LogP contribution in [0.15, 0.2) is 12.1 Å². The van der Waals surface area contributed by atoms with Gasteiger partial charge < -0.3 is 10.6 Å². The fraction of sp³-hybridized carbons (Fsp3) is 0.308. The van der Waals surface area contributed by atoms with E-state index in [1.807, 2.05) is 13.8 Å². The first-order valence-electron chi connectivity index (χ1n) is 6.36. The van der Waals surface area contributed by atoms with Crippen LogP contribution in [0.25, 0.3) is 0 Å². The summed E-state index contributed by atoms with van der Waals surface area (Å²) in [6.45, 7) is 4.67. The van der Waals surface area contributed by atoms with E-state index >= 15 is 0 Å². The molecule has 0 saturated heterocycles. The Morgan fingerprint density at radius 1 is 1.33 bits per heavy atom. The number of hydrogen-bond acceptors (Lipinski definition) is 5. The van der Waals surface area contributed by atoms with E-state index in [1.165, 1.54) is 11.3 Å². The second kappa shape index (κ2) is 7.06. The molecule has 0 spiro atoms. The number of aromatic nitrogens is 2. The Kier molecular flexibility index (Phi) is 5.39. The molecule has 1 aromatic carbocycles. The van der Waals surface area contributed by atoms with E-state index in [-0.39, 0.29) is 10.9 Å². The van der Waals surface area contributed by atoms with Crippen LogP contribution in [0.4, 0.5) is 10.8 Å². The molecule has 2 N–H and O–H groups in total. The number of amides is 1. The molecule has 0 atom stereocenters. The third-order valence-electron chi connectivity index (χ3n) is 2.67. The first-order chi connectivity index (χ1) is 10.0. The highest BCUT2D eigenvalue weighted by molar-refractivity contribution is 7.17. The molecule has 0 aliphatic carbocycles. The first kappa shape index (κ1) is 16.0. The standard InChI is InChI=1S/C13H14Cl2N4OS/c1-3-6-16-13-19-18-12(21-13)11(20)17-10-8(14)5-4-7(2)9(10)15/h4-5H,3,6H2,1-2H3,(H,16,19)(H,17,20). The fourth-order valence-corrected chi connectivity index (χ4v) is 2.69. The molecule has 0 bridgehead atoms. The van der Waals surface area contributed by atoms with Gasteiger partial charge >= 0.3 is 0 Å². The zero-order chi connectivity index (χ0) is 15.4. The van der Waals surface area contributed by atoms with E-state index in [4.69, 9.17) is 23.2 Å². The van der Waals surface area contributed by atoms with E-state index < -0.39 is 0 Å². The molecule has 0 unspecified atom stereocenters. The summed E-state index contributed by atoms with van der Waals surface area (Å²) < 4.78 is 0. The SMILES string of the molecule is CCCNc1nnc(C(=O)Nc2c(Cl)ccc(C)c2Cl)s1. The van der Waals surface area contributed by atoms with Crippen molar-refractivity contribution in [2.45, 2.75) is 20.3 Å². The molecule has 2 rings (SSSR count). The summed E-state index contributed by atoms with van der Waals surface area (Å²) in [4.78, 5) is 12.2. The minimum absolute atomic E-state index is 0.252. The molecule has 0 saturated carbocycles. The lowest BCUT2D eigenvalue weighted by atomic mass is 10.2. The number of carbonyl (C=O) groups is 1. The highest BCUT2D eigenvalue weighted by atomic mass is 35.5. The molecule has 0 aliphatic heterocycles. The fourth-order valence-electron chi connectivity index (χ4n) is 1.56. The van der Waals surface area contributed by atoms with Gasteiger partial charge in [-0.25, -0.2) is 0 Å². The summed E-state index contributed by atoms with van der Waals surface area (Å²) in [6, 6.07) is 3.48. The second-order valence-electron chi connectivity index (χ2n) is 4.35. The van der Waals surface area contributed by atoms with Crippen molar-refractivity contribution in [2.75, 3.05) is 17.2 Å². The molecule has 1 aromatic heterocycles. The van der Waals surface area contributed by atoms with Crippen LogP contribution in [0.5, 0.6) is 0 Å². The summed E-state index contributed by atoms with van der Waals surface area (Å²) in [5, 5.41) is 15.2. The van der Waals surface area contributed by atoms with E-state index in [9.17, 15) is 4.79 Å². The number of aryl methyl sites for hydroxylation is 1. The van der Waals surface area contributed by atoms with Gasteiger partial charge in [0.05, 0.1) is 15.7 Å². The minimum Gasteiger partial charge on any atom is -0.360 e. The zero-order valence-corrected chi connectivity index (χ0v) is 13.9. The molecule has 5 nitrogen and oxygen atoms in total. The van der Waals surface area contributed by atoms with Gasteiger partial charge in [-0.05, 0) is 25.0 Å². The lowest BCUT2D eigenvalue weighted by Gasteiger charge is -2.09. The van der Waals surface area contributed by atoms with Crippen molar-refractivity contribution < 1.29 is 4.79 Å². The van der Waals surface area contributed by atoms with Gasteiger partial charge in [-0.2, -0.15) is 0 Å². The maximum absolute atomic E-state index is 12.2. The average Bonchev–Trinajstić information content (AvgIpc) is 2.94. The summed E-state index contributed by atoms with van der Waals surface area (Å²) in [7, 11) is 0. The van der Waals surface area contributed by atoms with Crippen molar-refractivity contribution in [3.8, 4) is 0 Å². The molecular weight excluding hydrogens is 331 g/mol. The average molecular weight is 345 g/mol. The number of carbonyl (C=O) groups excluding carboxylic acids is 1. The maximum Gasteiger partial charge on any atom is 0.286 e. The van der Waals surface area contributed by atoms with Gasteiger partial charge in [0.1, 0.15) is 0 Å². The largest absolute Gasteiger partial charge is 0.360 e. The molecule has 0 fully saturated rings. The Labute approximate surface area is 136 Å². The third-order valence-corrected chi connectivity index (χ3v) is 4.35. The maximum atomic E-state index is 12.2. The predicted octanol–water partition coefficient (Wildman–Crippen LogP) is 4.23. The lowest BCUT2D eigenvalue weighted by molar-refractivity contribution is 0.102. The van der Waals surface area contributed by atoms with Crippen LogP contribution in [0.1, 0.15) is 28.7 Å². The Morgan fingerprint density at radius 2 is 2.10 bits per heavy atom. The molecule has 0 radical (unpaired) electrons. The molecular formula is C13H14Cl2N4OS. The number of rotatable bonds is 5. The highest BCUT2D eigenvalue weighted by Gasteiger charge is 2.17. The molecule has 2 aromatic rings. The molecule has 1 amide bonds. The van der Waals surface area contributed by atoms with Crippen molar-refractivity contribution in [2.24, 2.45) is 0 Å². The van der Waals surface area contributed by atoms with Crippen LogP contribution in [0.2, 0.25) is 10.0 Å². The highest BCUT2D eigenvalue weighted by Crippen LogP contribution is 2.33. The van der Waals surface area contributed by atoms with E-state index in [2.05, 4.69) is 20.8 Å². The lowest BCUT2D eigenvalue weighted by Crippen LogP contribution is -2.12. The van der Waals surface area contributed by atoms with Gasteiger partial charge in [0.25, 0.3) is 5.91 Å². The summed E-state index contributed by atoms with van der Waals surface area (Å²) in [5.41, 5.74) is 1.22. The van der Waals surface area contributed by atoms with Crippen LogP contribution in [-0.2, 0) is 0 Å². The predicted molar refractivity (Wildman–Crippen MR) is 87.8 cm³/mol. The monoisotopic (exact) mass is 344 g/mol. The van der Waals surface area contributed by atoms with Gasteiger partial charge in [-0.1, -0.05) is 47.5 Å². The summed E-state index contributed by atoms with van der Waals surface area (Å²) in [6.07, 6.45) is 0.968. The van der Waals surface area contributed by atoms with E-state index in [0.29, 0.717) is 20.9 Å². The van der Waals surface area contributed by atoms with Crippen molar-refractivity contribution in [1.29, 1.82) is 0 Å². The van der Waals surface area contributed by atoms with Gasteiger partial charge in [0.2, 0.25) is 10.1 Å². The Balaban J connectivity index is 2.15. The third kappa shape index (κ3) is 3.84. The van der Waals surface area contributed by atoms with Crippen LogP contribution >= 0.6 is 34.5 Å².